The molecule has 4 rings (SSSR count). The van der Waals surface area contributed by atoms with Crippen LogP contribution in [0.3, 0.4) is 0 Å². The Balaban J connectivity index is 1.93. The molecule has 41 heavy (non-hydrogen) atoms. The number of ether oxygens (including phenoxy) is 4. The SMILES string of the molecule is C#CCOc1ccc(/C=c2\sc3n(c2=O)[C@@H](c2ccc(OC)c(Br)c2)C(C(=O)OCC)=C(CCC)N=3)cc1OCC. The zero-order valence-corrected chi connectivity index (χ0v) is 25.8. The minimum atomic E-state index is -0.727. The van der Waals surface area contributed by atoms with Gasteiger partial charge in [0.2, 0.25) is 0 Å². The van der Waals surface area contributed by atoms with E-state index in [1.807, 2.05) is 32.0 Å². The summed E-state index contributed by atoms with van der Waals surface area (Å²) in [4.78, 5) is 32.7. The Morgan fingerprint density at radius 2 is 1.90 bits per heavy atom. The van der Waals surface area contributed by atoms with Crippen LogP contribution in [0.4, 0.5) is 0 Å². The number of methoxy groups -OCH3 is 1. The van der Waals surface area contributed by atoms with Crippen molar-refractivity contribution in [2.45, 2.75) is 39.7 Å². The molecular formula is C31H31BrN2O6S. The van der Waals surface area contributed by atoms with E-state index >= 15 is 0 Å². The van der Waals surface area contributed by atoms with E-state index in [2.05, 4.69) is 21.9 Å². The number of terminal acetylenes is 1. The maximum Gasteiger partial charge on any atom is 0.338 e. The molecule has 3 aromatic rings. The lowest BCUT2D eigenvalue weighted by Gasteiger charge is -2.26. The Labute approximate surface area is 251 Å². The highest BCUT2D eigenvalue weighted by Crippen LogP contribution is 2.36. The lowest BCUT2D eigenvalue weighted by atomic mass is 9.94. The Hall–Kier alpha value is -3.81. The largest absolute Gasteiger partial charge is 0.496 e. The molecule has 214 valence electrons. The summed E-state index contributed by atoms with van der Waals surface area (Å²) < 4.78 is 25.0. The van der Waals surface area contributed by atoms with E-state index in [-0.39, 0.29) is 18.8 Å². The van der Waals surface area contributed by atoms with Crippen LogP contribution in [0.15, 0.2) is 61.9 Å². The van der Waals surface area contributed by atoms with Gasteiger partial charge < -0.3 is 18.9 Å². The fraction of sp³-hybridized carbons (Fsp3) is 0.323. The van der Waals surface area contributed by atoms with Gasteiger partial charge in [-0.2, -0.15) is 0 Å². The summed E-state index contributed by atoms with van der Waals surface area (Å²) in [6, 6.07) is 10.2. The second-order valence-electron chi connectivity index (χ2n) is 8.94. The topological polar surface area (TPSA) is 88.4 Å². The Morgan fingerprint density at radius 1 is 1.12 bits per heavy atom. The molecule has 1 aliphatic rings. The molecule has 0 saturated carbocycles. The maximum atomic E-state index is 14.0. The minimum Gasteiger partial charge on any atom is -0.496 e. The van der Waals surface area contributed by atoms with Gasteiger partial charge >= 0.3 is 5.97 Å². The van der Waals surface area contributed by atoms with Gasteiger partial charge in [0.15, 0.2) is 16.3 Å². The van der Waals surface area contributed by atoms with E-state index in [9.17, 15) is 9.59 Å². The summed E-state index contributed by atoms with van der Waals surface area (Å²) in [5, 5.41) is 0. The van der Waals surface area contributed by atoms with Crippen LogP contribution in [0.25, 0.3) is 6.08 Å². The van der Waals surface area contributed by atoms with E-state index in [0.29, 0.717) is 55.4 Å². The highest BCUT2D eigenvalue weighted by Gasteiger charge is 2.34. The summed E-state index contributed by atoms with van der Waals surface area (Å²) in [5.41, 5.74) is 2.18. The molecule has 0 aliphatic carbocycles. The number of fused-ring (bicyclic) bond motifs is 1. The predicted molar refractivity (Wildman–Crippen MR) is 162 cm³/mol. The quantitative estimate of drug-likeness (QED) is 0.222. The number of carbonyl (C=O) groups is 1. The molecule has 1 aromatic heterocycles. The Morgan fingerprint density at radius 3 is 2.56 bits per heavy atom. The van der Waals surface area contributed by atoms with Gasteiger partial charge in [0.1, 0.15) is 12.4 Å². The second kappa shape index (κ2) is 13.7. The Bertz CT molecular complexity index is 1700. The van der Waals surface area contributed by atoms with Gasteiger partial charge in [0, 0.05) is 0 Å². The molecule has 0 N–H and O–H groups in total. The van der Waals surface area contributed by atoms with Gasteiger partial charge in [0.05, 0.1) is 46.6 Å². The van der Waals surface area contributed by atoms with Gasteiger partial charge in [-0.3, -0.25) is 9.36 Å². The van der Waals surface area contributed by atoms with E-state index in [1.54, 1.807) is 42.9 Å². The number of carbonyl (C=O) groups excluding carboxylic acids is 1. The summed E-state index contributed by atoms with van der Waals surface area (Å²) in [7, 11) is 1.58. The number of aromatic nitrogens is 1. The highest BCUT2D eigenvalue weighted by molar-refractivity contribution is 9.10. The fourth-order valence-electron chi connectivity index (χ4n) is 4.56. The van der Waals surface area contributed by atoms with Crippen LogP contribution in [-0.2, 0) is 9.53 Å². The fourth-order valence-corrected chi connectivity index (χ4v) is 6.14. The van der Waals surface area contributed by atoms with Crippen molar-refractivity contribution < 1.29 is 23.7 Å². The first-order valence-corrected chi connectivity index (χ1v) is 14.9. The number of benzene rings is 2. The van der Waals surface area contributed by atoms with Crippen molar-refractivity contribution in [3.8, 4) is 29.6 Å². The maximum absolute atomic E-state index is 14.0. The molecule has 0 saturated heterocycles. The van der Waals surface area contributed by atoms with Crippen LogP contribution in [0.2, 0.25) is 0 Å². The first kappa shape index (κ1) is 30.2. The zero-order valence-electron chi connectivity index (χ0n) is 23.4. The predicted octanol–water partition coefficient (Wildman–Crippen LogP) is 4.76. The molecule has 1 aliphatic heterocycles. The Kier molecular flexibility index (Phi) is 10.1. The molecule has 0 amide bonds. The molecule has 0 radical (unpaired) electrons. The van der Waals surface area contributed by atoms with E-state index in [0.717, 1.165) is 17.5 Å². The molecule has 0 spiro atoms. The monoisotopic (exact) mass is 638 g/mol. The molecule has 2 heterocycles. The van der Waals surface area contributed by atoms with Gasteiger partial charge in [-0.25, -0.2) is 9.79 Å². The van der Waals surface area contributed by atoms with Crippen LogP contribution in [0.1, 0.15) is 50.8 Å². The van der Waals surface area contributed by atoms with Gasteiger partial charge in [-0.15, -0.1) is 6.42 Å². The number of hydrogen-bond acceptors (Lipinski definition) is 8. The third-order valence-electron chi connectivity index (χ3n) is 6.26. The van der Waals surface area contributed by atoms with Gasteiger partial charge in [-0.05, 0) is 77.7 Å². The number of esters is 1. The highest BCUT2D eigenvalue weighted by atomic mass is 79.9. The second-order valence-corrected chi connectivity index (χ2v) is 10.8. The molecule has 10 heteroatoms. The number of hydrogen-bond donors (Lipinski definition) is 0. The van der Waals surface area contributed by atoms with Crippen LogP contribution in [0.5, 0.6) is 17.2 Å². The molecule has 0 bridgehead atoms. The van der Waals surface area contributed by atoms with Crippen molar-refractivity contribution in [1.29, 1.82) is 0 Å². The van der Waals surface area contributed by atoms with E-state index in [4.69, 9.17) is 30.4 Å². The smallest absolute Gasteiger partial charge is 0.338 e. The number of nitrogens with zero attached hydrogens (tertiary/aromatic N) is 2. The summed E-state index contributed by atoms with van der Waals surface area (Å²) in [6.45, 7) is 6.41. The first-order valence-electron chi connectivity index (χ1n) is 13.2. The van der Waals surface area contributed by atoms with Crippen LogP contribution >= 0.6 is 27.3 Å². The summed E-state index contributed by atoms with van der Waals surface area (Å²) in [5.74, 6) is 3.65. The number of thiazole rings is 1. The van der Waals surface area contributed by atoms with Crippen molar-refractivity contribution in [3.63, 3.8) is 0 Å². The molecule has 8 nitrogen and oxygen atoms in total. The number of allylic oxidation sites excluding steroid dienone is 1. The van der Waals surface area contributed by atoms with Crippen LogP contribution < -0.4 is 29.1 Å². The van der Waals surface area contributed by atoms with Crippen molar-refractivity contribution in [2.75, 3.05) is 26.9 Å². The molecule has 2 aromatic carbocycles. The lowest BCUT2D eigenvalue weighted by Crippen LogP contribution is -2.40. The number of rotatable bonds is 11. The number of halogens is 1. The van der Waals surface area contributed by atoms with Crippen LogP contribution in [0, 0.1) is 12.3 Å². The summed E-state index contributed by atoms with van der Waals surface area (Å²) in [6.07, 6.45) is 8.45. The summed E-state index contributed by atoms with van der Waals surface area (Å²) >= 11 is 4.82. The average Bonchev–Trinajstić information content (AvgIpc) is 3.26. The minimum absolute atomic E-state index is 0.113. The molecular weight excluding hydrogens is 608 g/mol. The third kappa shape index (κ3) is 6.42. The zero-order chi connectivity index (χ0) is 29.5. The van der Waals surface area contributed by atoms with Crippen molar-refractivity contribution >= 4 is 39.3 Å². The molecule has 0 fully saturated rings. The van der Waals surface area contributed by atoms with E-state index < -0.39 is 12.0 Å². The van der Waals surface area contributed by atoms with Gasteiger partial charge in [-0.1, -0.05) is 42.7 Å². The average molecular weight is 640 g/mol. The third-order valence-corrected chi connectivity index (χ3v) is 7.86. The van der Waals surface area contributed by atoms with Crippen molar-refractivity contribution in [2.24, 2.45) is 4.99 Å². The molecule has 1 atom stereocenters. The van der Waals surface area contributed by atoms with Gasteiger partial charge in [0.25, 0.3) is 5.56 Å². The normalized spacial score (nSPS) is 14.6. The lowest BCUT2D eigenvalue weighted by molar-refractivity contribution is -0.139. The standard InChI is InChI=1S/C31H31BrN2O6S/c1-6-10-22-27(30(36)39-9-4)28(20-12-14-23(37-5)21(32)18-20)34-29(35)26(41-31(34)33-22)17-19-11-13-24(40-15-7-2)25(16-19)38-8-3/h2,11-14,16-18,28H,6,8-10,15H2,1,3-5H3/b26-17-/t28-/m0/s1. The van der Waals surface area contributed by atoms with Crippen molar-refractivity contribution in [3.05, 3.63) is 83.0 Å². The van der Waals surface area contributed by atoms with E-state index in [1.165, 1.54) is 11.3 Å². The first-order chi connectivity index (χ1) is 19.9. The van der Waals surface area contributed by atoms with Crippen molar-refractivity contribution in [1.82, 2.24) is 4.57 Å². The van der Waals surface area contributed by atoms with Crippen LogP contribution in [-0.4, -0.2) is 37.5 Å². The molecule has 0 unspecified atom stereocenters.